The summed E-state index contributed by atoms with van der Waals surface area (Å²) in [6.07, 6.45) is 5.18. The van der Waals surface area contributed by atoms with Crippen LogP contribution >= 0.6 is 22.6 Å². The van der Waals surface area contributed by atoms with Crippen molar-refractivity contribution in [3.05, 3.63) is 27.3 Å². The maximum atomic E-state index is 11.3. The second kappa shape index (κ2) is 5.52. The average Bonchev–Trinajstić information content (AvgIpc) is 2.39. The Labute approximate surface area is 131 Å². The van der Waals surface area contributed by atoms with Gasteiger partial charge in [-0.1, -0.05) is 0 Å². The Morgan fingerprint density at radius 2 is 2.25 bits per heavy atom. The lowest BCUT2D eigenvalue weighted by Crippen LogP contribution is -2.48. The summed E-state index contributed by atoms with van der Waals surface area (Å²) in [7, 11) is 0. The van der Waals surface area contributed by atoms with Gasteiger partial charge in [0.05, 0.1) is 12.2 Å². The van der Waals surface area contributed by atoms with E-state index in [1.165, 1.54) is 6.42 Å². The van der Waals surface area contributed by atoms with E-state index in [-0.39, 0.29) is 17.3 Å². The molecule has 0 aromatic heterocycles. The van der Waals surface area contributed by atoms with Crippen molar-refractivity contribution >= 4 is 28.6 Å². The summed E-state index contributed by atoms with van der Waals surface area (Å²) in [4.78, 5) is 11.3. The summed E-state index contributed by atoms with van der Waals surface area (Å²) in [5.41, 5.74) is 0.251. The minimum atomic E-state index is -0.941. The summed E-state index contributed by atoms with van der Waals surface area (Å²) in [6.45, 7) is 0.706. The zero-order valence-electron chi connectivity index (χ0n) is 11.1. The first-order chi connectivity index (χ1) is 9.58. The smallest absolute Gasteiger partial charge is 0.339 e. The molecule has 3 rings (SSSR count). The van der Waals surface area contributed by atoms with E-state index in [9.17, 15) is 9.90 Å². The minimum absolute atomic E-state index is 0.00943. The van der Waals surface area contributed by atoms with Crippen LogP contribution in [-0.2, 0) is 4.74 Å². The fourth-order valence-corrected chi connectivity index (χ4v) is 3.45. The van der Waals surface area contributed by atoms with Gasteiger partial charge < -0.3 is 14.6 Å². The molecule has 1 aromatic rings. The zero-order valence-corrected chi connectivity index (χ0v) is 13.3. The minimum Gasteiger partial charge on any atom is -0.489 e. The van der Waals surface area contributed by atoms with Gasteiger partial charge in [-0.2, -0.15) is 0 Å². The molecule has 1 saturated carbocycles. The second-order valence-corrected chi connectivity index (χ2v) is 6.81. The lowest BCUT2D eigenvalue weighted by Gasteiger charge is -2.46. The topological polar surface area (TPSA) is 55.8 Å². The van der Waals surface area contributed by atoms with E-state index in [0.717, 1.165) is 29.3 Å². The van der Waals surface area contributed by atoms with E-state index in [4.69, 9.17) is 9.47 Å². The molecule has 1 atom stereocenters. The van der Waals surface area contributed by atoms with Crippen molar-refractivity contribution in [3.8, 4) is 5.75 Å². The van der Waals surface area contributed by atoms with E-state index in [1.54, 1.807) is 12.1 Å². The normalized spacial score (nSPS) is 24.1. The van der Waals surface area contributed by atoms with Gasteiger partial charge in [0, 0.05) is 16.4 Å². The highest BCUT2D eigenvalue weighted by atomic mass is 127. The van der Waals surface area contributed by atoms with Crippen LogP contribution < -0.4 is 4.74 Å². The molecule has 1 unspecified atom stereocenters. The largest absolute Gasteiger partial charge is 0.489 e. The molecule has 1 saturated heterocycles. The van der Waals surface area contributed by atoms with Crippen LogP contribution in [0.2, 0.25) is 0 Å². The Kier molecular flexibility index (Phi) is 3.90. The fourth-order valence-electron chi connectivity index (χ4n) is 2.95. The van der Waals surface area contributed by atoms with Crippen molar-refractivity contribution in [2.24, 2.45) is 0 Å². The number of carbonyl (C=O) groups is 1. The Bertz CT molecular complexity index is 525. The van der Waals surface area contributed by atoms with E-state index < -0.39 is 5.97 Å². The van der Waals surface area contributed by atoms with E-state index >= 15 is 0 Å². The van der Waals surface area contributed by atoms with Crippen molar-refractivity contribution < 1.29 is 19.4 Å². The van der Waals surface area contributed by atoms with Gasteiger partial charge in [-0.15, -0.1) is 0 Å². The van der Waals surface area contributed by atoms with Gasteiger partial charge in [-0.05, 0) is 60.1 Å². The Balaban J connectivity index is 1.75. The fraction of sp³-hybridized carbons (Fsp3) is 0.533. The zero-order chi connectivity index (χ0) is 14.2. The lowest BCUT2D eigenvalue weighted by molar-refractivity contribution is -0.153. The number of hydrogen-bond donors (Lipinski definition) is 1. The van der Waals surface area contributed by atoms with E-state index in [2.05, 4.69) is 22.6 Å². The predicted molar refractivity (Wildman–Crippen MR) is 82.3 cm³/mol. The molecule has 1 aromatic carbocycles. The number of carboxylic acids is 1. The molecule has 4 nitrogen and oxygen atoms in total. The molecule has 2 aliphatic rings. The molecule has 2 fully saturated rings. The van der Waals surface area contributed by atoms with Gasteiger partial charge in [-0.3, -0.25) is 0 Å². The molecule has 0 radical (unpaired) electrons. The number of rotatable bonds is 3. The van der Waals surface area contributed by atoms with Crippen LogP contribution in [0.15, 0.2) is 18.2 Å². The molecule has 108 valence electrons. The molecule has 1 spiro atoms. The number of ether oxygens (including phenoxy) is 2. The first kappa shape index (κ1) is 14.1. The van der Waals surface area contributed by atoms with Crippen molar-refractivity contribution in [2.75, 3.05) is 6.61 Å². The van der Waals surface area contributed by atoms with Crippen LogP contribution in [0.4, 0.5) is 0 Å². The highest BCUT2D eigenvalue weighted by Crippen LogP contribution is 2.43. The van der Waals surface area contributed by atoms with Gasteiger partial charge in [-0.25, -0.2) is 4.79 Å². The van der Waals surface area contributed by atoms with Crippen LogP contribution in [-0.4, -0.2) is 29.4 Å². The molecular weight excluding hydrogens is 371 g/mol. The van der Waals surface area contributed by atoms with Crippen LogP contribution in [0.25, 0.3) is 0 Å². The summed E-state index contributed by atoms with van der Waals surface area (Å²) in [6, 6.07) is 5.28. The Morgan fingerprint density at radius 3 is 2.90 bits per heavy atom. The highest BCUT2D eigenvalue weighted by Gasteiger charge is 2.43. The standard InChI is InChI=1S/C15H17IO4/c16-10-2-3-13(12(8-10)14(17)18)20-11-4-7-19-15(9-11)5-1-6-15/h2-3,8,11H,1,4-7,9H2,(H,17,18). The lowest BCUT2D eigenvalue weighted by atomic mass is 9.74. The molecular formula is C15H17IO4. The van der Waals surface area contributed by atoms with Gasteiger partial charge in [0.1, 0.15) is 17.4 Å². The van der Waals surface area contributed by atoms with Gasteiger partial charge in [0.2, 0.25) is 0 Å². The van der Waals surface area contributed by atoms with Crippen molar-refractivity contribution in [3.63, 3.8) is 0 Å². The van der Waals surface area contributed by atoms with E-state index in [1.807, 2.05) is 6.07 Å². The van der Waals surface area contributed by atoms with Crippen molar-refractivity contribution in [1.82, 2.24) is 0 Å². The average molecular weight is 388 g/mol. The summed E-state index contributed by atoms with van der Waals surface area (Å²) in [5.74, 6) is -0.469. The predicted octanol–water partition coefficient (Wildman–Crippen LogP) is 3.47. The maximum absolute atomic E-state index is 11.3. The monoisotopic (exact) mass is 388 g/mol. The van der Waals surface area contributed by atoms with Crippen LogP contribution in [0.3, 0.4) is 0 Å². The number of hydrogen-bond acceptors (Lipinski definition) is 3. The first-order valence-electron chi connectivity index (χ1n) is 6.91. The third-order valence-electron chi connectivity index (χ3n) is 4.18. The molecule has 1 aliphatic heterocycles. The maximum Gasteiger partial charge on any atom is 0.339 e. The number of aromatic carboxylic acids is 1. The summed E-state index contributed by atoms with van der Waals surface area (Å²) >= 11 is 2.11. The second-order valence-electron chi connectivity index (χ2n) is 5.56. The van der Waals surface area contributed by atoms with Crippen molar-refractivity contribution in [2.45, 2.75) is 43.8 Å². The molecule has 0 amide bonds. The molecule has 1 heterocycles. The van der Waals surface area contributed by atoms with Crippen LogP contribution in [0.5, 0.6) is 5.75 Å². The van der Waals surface area contributed by atoms with Crippen LogP contribution in [0, 0.1) is 3.57 Å². The highest BCUT2D eigenvalue weighted by molar-refractivity contribution is 14.1. The van der Waals surface area contributed by atoms with E-state index in [0.29, 0.717) is 12.4 Å². The molecule has 0 bridgehead atoms. The Morgan fingerprint density at radius 1 is 1.45 bits per heavy atom. The first-order valence-corrected chi connectivity index (χ1v) is 7.99. The molecule has 1 aliphatic carbocycles. The summed E-state index contributed by atoms with van der Waals surface area (Å²) in [5, 5.41) is 9.27. The number of carboxylic acid groups (broad SMARTS) is 1. The van der Waals surface area contributed by atoms with Gasteiger partial charge in [0.15, 0.2) is 0 Å². The summed E-state index contributed by atoms with van der Waals surface area (Å²) < 4.78 is 12.7. The SMILES string of the molecule is O=C(O)c1cc(I)ccc1OC1CCOC2(CCC2)C1. The molecule has 5 heteroatoms. The quantitative estimate of drug-likeness (QED) is 0.806. The molecule has 20 heavy (non-hydrogen) atoms. The van der Waals surface area contributed by atoms with Gasteiger partial charge >= 0.3 is 5.97 Å². The molecule has 1 N–H and O–H groups in total. The van der Waals surface area contributed by atoms with Gasteiger partial charge in [0.25, 0.3) is 0 Å². The van der Waals surface area contributed by atoms with Crippen LogP contribution in [0.1, 0.15) is 42.5 Å². The third-order valence-corrected chi connectivity index (χ3v) is 4.85. The number of halogens is 1. The van der Waals surface area contributed by atoms with Crippen molar-refractivity contribution in [1.29, 1.82) is 0 Å². The third kappa shape index (κ3) is 2.79. The Hall–Kier alpha value is -0.820. The number of benzene rings is 1.